The highest BCUT2D eigenvalue weighted by Gasteiger charge is 2.30. The van der Waals surface area contributed by atoms with Gasteiger partial charge in [0.2, 0.25) is 5.91 Å². The van der Waals surface area contributed by atoms with E-state index in [1.54, 1.807) is 13.8 Å². The standard InChI is InChI=1S/C15H27NO4/c1-14(2,10-13(18)19)9-12(17)16-11-15(20)7-5-3-4-6-8-15/h20H,3-11H2,1-2H3,(H,16,17)(H,18,19). The highest BCUT2D eigenvalue weighted by Crippen LogP contribution is 2.27. The Labute approximate surface area is 120 Å². The first kappa shape index (κ1) is 17.0. The molecular formula is C15H27NO4. The van der Waals surface area contributed by atoms with Crippen molar-refractivity contribution < 1.29 is 19.8 Å². The number of carbonyl (C=O) groups is 2. The van der Waals surface area contributed by atoms with Gasteiger partial charge in [-0.25, -0.2) is 0 Å². The van der Waals surface area contributed by atoms with E-state index in [1.807, 2.05) is 0 Å². The van der Waals surface area contributed by atoms with E-state index in [1.165, 1.54) is 0 Å². The van der Waals surface area contributed by atoms with E-state index in [0.29, 0.717) is 0 Å². The first-order chi connectivity index (χ1) is 9.22. The molecule has 116 valence electrons. The van der Waals surface area contributed by atoms with E-state index in [-0.39, 0.29) is 25.3 Å². The topological polar surface area (TPSA) is 86.6 Å². The second kappa shape index (κ2) is 7.07. The summed E-state index contributed by atoms with van der Waals surface area (Å²) in [5, 5.41) is 22.0. The number of aliphatic hydroxyl groups is 1. The van der Waals surface area contributed by atoms with Crippen LogP contribution in [0.15, 0.2) is 0 Å². The summed E-state index contributed by atoms with van der Waals surface area (Å²) in [5.41, 5.74) is -1.36. The molecule has 0 aromatic carbocycles. The molecule has 0 bridgehead atoms. The van der Waals surface area contributed by atoms with E-state index in [9.17, 15) is 14.7 Å². The van der Waals surface area contributed by atoms with Gasteiger partial charge in [0.25, 0.3) is 0 Å². The smallest absolute Gasteiger partial charge is 0.303 e. The van der Waals surface area contributed by atoms with Gasteiger partial charge in [0, 0.05) is 13.0 Å². The molecule has 0 radical (unpaired) electrons. The van der Waals surface area contributed by atoms with Crippen molar-refractivity contribution in [3.8, 4) is 0 Å². The number of carbonyl (C=O) groups excluding carboxylic acids is 1. The van der Waals surface area contributed by atoms with Crippen LogP contribution >= 0.6 is 0 Å². The van der Waals surface area contributed by atoms with Crippen molar-refractivity contribution in [3.05, 3.63) is 0 Å². The molecule has 0 heterocycles. The summed E-state index contributed by atoms with van der Waals surface area (Å²) in [6.45, 7) is 3.80. The highest BCUT2D eigenvalue weighted by molar-refractivity contribution is 5.78. The number of amides is 1. The molecule has 1 aliphatic rings. The van der Waals surface area contributed by atoms with Crippen LogP contribution in [-0.2, 0) is 9.59 Å². The Hall–Kier alpha value is -1.10. The van der Waals surface area contributed by atoms with E-state index in [4.69, 9.17) is 5.11 Å². The second-order valence-electron chi connectivity index (χ2n) is 6.83. The number of aliphatic carboxylic acids is 1. The Kier molecular flexibility index (Phi) is 5.99. The number of rotatable bonds is 6. The molecule has 1 rings (SSSR count). The predicted molar refractivity (Wildman–Crippen MR) is 76.3 cm³/mol. The SMILES string of the molecule is CC(C)(CC(=O)O)CC(=O)NCC1(O)CCCCCC1. The normalized spacial score (nSPS) is 19.1. The van der Waals surface area contributed by atoms with Crippen LogP contribution in [0.4, 0.5) is 0 Å². The van der Waals surface area contributed by atoms with Crippen molar-refractivity contribution in [2.75, 3.05) is 6.54 Å². The zero-order valence-electron chi connectivity index (χ0n) is 12.6. The van der Waals surface area contributed by atoms with E-state index in [2.05, 4.69) is 5.32 Å². The maximum Gasteiger partial charge on any atom is 0.303 e. The van der Waals surface area contributed by atoms with Crippen LogP contribution in [0, 0.1) is 5.41 Å². The molecule has 1 aliphatic carbocycles. The molecule has 1 saturated carbocycles. The predicted octanol–water partition coefficient (Wildman–Crippen LogP) is 2.08. The molecule has 0 atom stereocenters. The first-order valence-electron chi connectivity index (χ1n) is 7.43. The van der Waals surface area contributed by atoms with Crippen LogP contribution in [0.1, 0.15) is 65.2 Å². The third-order valence-electron chi connectivity index (χ3n) is 3.92. The van der Waals surface area contributed by atoms with Gasteiger partial charge in [-0.15, -0.1) is 0 Å². The first-order valence-corrected chi connectivity index (χ1v) is 7.43. The van der Waals surface area contributed by atoms with Crippen LogP contribution < -0.4 is 5.32 Å². The minimum atomic E-state index is -0.898. The summed E-state index contributed by atoms with van der Waals surface area (Å²) in [7, 11) is 0. The Morgan fingerprint density at radius 3 is 2.15 bits per heavy atom. The van der Waals surface area contributed by atoms with Crippen molar-refractivity contribution in [2.24, 2.45) is 5.41 Å². The molecule has 0 aromatic heterocycles. The lowest BCUT2D eigenvalue weighted by Gasteiger charge is -2.28. The van der Waals surface area contributed by atoms with Gasteiger partial charge in [0.15, 0.2) is 0 Å². The minimum absolute atomic E-state index is 0.0370. The van der Waals surface area contributed by atoms with Crippen molar-refractivity contribution in [3.63, 3.8) is 0 Å². The Bertz CT molecular complexity index is 344. The van der Waals surface area contributed by atoms with Gasteiger partial charge in [-0.2, -0.15) is 0 Å². The largest absolute Gasteiger partial charge is 0.481 e. The van der Waals surface area contributed by atoms with E-state index >= 15 is 0 Å². The average Bonchev–Trinajstić information content (AvgIpc) is 2.50. The third kappa shape index (κ3) is 6.37. The number of hydrogen-bond donors (Lipinski definition) is 3. The molecular weight excluding hydrogens is 258 g/mol. The second-order valence-corrected chi connectivity index (χ2v) is 6.83. The summed E-state index contributed by atoms with van der Waals surface area (Å²) in [4.78, 5) is 22.6. The van der Waals surface area contributed by atoms with Gasteiger partial charge >= 0.3 is 5.97 Å². The number of carboxylic acid groups (broad SMARTS) is 1. The summed E-state index contributed by atoms with van der Waals surface area (Å²) in [5.74, 6) is -1.08. The molecule has 0 spiro atoms. The van der Waals surface area contributed by atoms with Crippen LogP contribution in [0.2, 0.25) is 0 Å². The fraction of sp³-hybridized carbons (Fsp3) is 0.867. The summed E-state index contributed by atoms with van der Waals surface area (Å²) in [6, 6.07) is 0. The highest BCUT2D eigenvalue weighted by atomic mass is 16.4. The Morgan fingerprint density at radius 2 is 1.65 bits per heavy atom. The number of hydrogen-bond acceptors (Lipinski definition) is 3. The van der Waals surface area contributed by atoms with E-state index in [0.717, 1.165) is 38.5 Å². The zero-order valence-corrected chi connectivity index (χ0v) is 12.6. The summed E-state index contributed by atoms with van der Waals surface area (Å²) >= 11 is 0. The Morgan fingerprint density at radius 1 is 1.10 bits per heavy atom. The van der Waals surface area contributed by atoms with Crippen LogP contribution in [0.25, 0.3) is 0 Å². The molecule has 1 amide bonds. The zero-order chi connectivity index (χ0) is 15.2. The molecule has 0 saturated heterocycles. The summed E-state index contributed by atoms with van der Waals surface area (Å²) in [6.07, 6.45) is 5.86. The maximum atomic E-state index is 11.9. The fourth-order valence-corrected chi connectivity index (χ4v) is 2.80. The van der Waals surface area contributed by atoms with Gasteiger partial charge < -0.3 is 15.5 Å². The summed E-state index contributed by atoms with van der Waals surface area (Å²) < 4.78 is 0. The monoisotopic (exact) mass is 285 g/mol. The van der Waals surface area contributed by atoms with E-state index < -0.39 is 17.0 Å². The van der Waals surface area contributed by atoms with Crippen LogP contribution in [-0.4, -0.2) is 34.2 Å². The average molecular weight is 285 g/mol. The molecule has 5 heteroatoms. The molecule has 0 unspecified atom stereocenters. The van der Waals surface area contributed by atoms with Gasteiger partial charge in [-0.05, 0) is 18.3 Å². The molecule has 3 N–H and O–H groups in total. The van der Waals surface area contributed by atoms with Crippen molar-refractivity contribution >= 4 is 11.9 Å². The lowest BCUT2D eigenvalue weighted by atomic mass is 9.85. The van der Waals surface area contributed by atoms with Crippen molar-refractivity contribution in [1.29, 1.82) is 0 Å². The molecule has 0 aliphatic heterocycles. The quantitative estimate of drug-likeness (QED) is 0.652. The molecule has 1 fully saturated rings. The number of carboxylic acids is 1. The maximum absolute atomic E-state index is 11.9. The van der Waals surface area contributed by atoms with Gasteiger partial charge in [0.05, 0.1) is 12.0 Å². The molecule has 5 nitrogen and oxygen atoms in total. The lowest BCUT2D eigenvalue weighted by molar-refractivity contribution is -0.139. The minimum Gasteiger partial charge on any atom is -0.481 e. The number of nitrogens with one attached hydrogen (secondary N) is 1. The van der Waals surface area contributed by atoms with Crippen LogP contribution in [0.3, 0.4) is 0 Å². The van der Waals surface area contributed by atoms with Crippen molar-refractivity contribution in [2.45, 2.75) is 70.8 Å². The lowest BCUT2D eigenvalue weighted by Crippen LogP contribution is -2.43. The van der Waals surface area contributed by atoms with Gasteiger partial charge in [-0.1, -0.05) is 39.5 Å². The van der Waals surface area contributed by atoms with Gasteiger partial charge in [0.1, 0.15) is 0 Å². The van der Waals surface area contributed by atoms with Gasteiger partial charge in [-0.3, -0.25) is 9.59 Å². The Balaban J connectivity index is 2.40. The third-order valence-corrected chi connectivity index (χ3v) is 3.92. The van der Waals surface area contributed by atoms with Crippen molar-refractivity contribution in [1.82, 2.24) is 5.32 Å². The fourth-order valence-electron chi connectivity index (χ4n) is 2.80. The van der Waals surface area contributed by atoms with Crippen LogP contribution in [0.5, 0.6) is 0 Å². The molecule has 20 heavy (non-hydrogen) atoms. The molecule has 0 aromatic rings.